The first kappa shape index (κ1) is 25.5. The number of amides is 1. The minimum absolute atomic E-state index is 0.0814. The minimum atomic E-state index is -0.146. The van der Waals surface area contributed by atoms with Crippen molar-refractivity contribution >= 4 is 11.7 Å². The van der Waals surface area contributed by atoms with Gasteiger partial charge in [-0.1, -0.05) is 18.2 Å². The van der Waals surface area contributed by atoms with E-state index in [9.17, 15) is 4.79 Å². The molecular weight excluding hydrogens is 472 g/mol. The van der Waals surface area contributed by atoms with Crippen molar-refractivity contribution in [1.82, 2.24) is 25.2 Å². The number of hydrogen-bond acceptors (Lipinski definition) is 6. The monoisotopic (exact) mass is 506 g/mol. The van der Waals surface area contributed by atoms with Crippen LogP contribution in [0.25, 0.3) is 33.6 Å². The molecule has 2 N–H and O–H groups in total. The Morgan fingerprint density at radius 3 is 2.24 bits per heavy atom. The van der Waals surface area contributed by atoms with Gasteiger partial charge in [0.05, 0.1) is 11.4 Å². The minimum Gasteiger partial charge on any atom is -0.365 e. The molecule has 3 aromatic heterocycles. The topological polar surface area (TPSA) is 83.0 Å². The van der Waals surface area contributed by atoms with Crippen molar-refractivity contribution in [3.05, 3.63) is 84.3 Å². The summed E-state index contributed by atoms with van der Waals surface area (Å²) in [7, 11) is 0. The quantitative estimate of drug-likeness (QED) is 0.375. The number of pyridine rings is 3. The number of rotatable bonds is 5. The number of carbonyl (C=O) groups excluding carboxylic acids is 1. The highest BCUT2D eigenvalue weighted by Gasteiger charge is 2.18. The van der Waals surface area contributed by atoms with Crippen LogP contribution in [-0.2, 0) is 0 Å². The zero-order chi connectivity index (χ0) is 26.7. The third-order valence-corrected chi connectivity index (χ3v) is 6.42. The first-order chi connectivity index (χ1) is 18.2. The van der Waals surface area contributed by atoms with E-state index in [1.54, 1.807) is 0 Å². The standard InChI is InChI=1S/C31H34N6O/c1-21-6-5-7-27(34-21)28-17-24(18-29(35-28)36-31(2,3)4)26-16-25(19-33-20-26)22-8-10-23(11-9-22)30(38)37-14-12-32-13-15-37/h5-11,16-20,32H,12-15H2,1-4H3,(H,35,36). The van der Waals surface area contributed by atoms with Crippen LogP contribution in [0.2, 0.25) is 0 Å². The third-order valence-electron chi connectivity index (χ3n) is 6.42. The number of aryl methyl sites for hydroxylation is 1. The van der Waals surface area contributed by atoms with Crippen LogP contribution in [0.5, 0.6) is 0 Å². The van der Waals surface area contributed by atoms with Gasteiger partial charge >= 0.3 is 0 Å². The lowest BCUT2D eigenvalue weighted by Crippen LogP contribution is -2.46. The lowest BCUT2D eigenvalue weighted by atomic mass is 10.00. The third kappa shape index (κ3) is 6.06. The van der Waals surface area contributed by atoms with Crippen molar-refractivity contribution < 1.29 is 4.79 Å². The van der Waals surface area contributed by atoms with E-state index in [2.05, 4.69) is 54.6 Å². The van der Waals surface area contributed by atoms with Gasteiger partial charge in [0.15, 0.2) is 0 Å². The Bertz CT molecular complexity index is 1440. The summed E-state index contributed by atoms with van der Waals surface area (Å²) in [5.41, 5.74) is 7.13. The van der Waals surface area contributed by atoms with E-state index >= 15 is 0 Å². The van der Waals surface area contributed by atoms with Gasteiger partial charge in [0.25, 0.3) is 5.91 Å². The highest BCUT2D eigenvalue weighted by Crippen LogP contribution is 2.31. The van der Waals surface area contributed by atoms with E-state index < -0.39 is 0 Å². The van der Waals surface area contributed by atoms with Crippen molar-refractivity contribution in [3.8, 4) is 33.6 Å². The zero-order valence-electron chi connectivity index (χ0n) is 22.5. The second kappa shape index (κ2) is 10.7. The Morgan fingerprint density at radius 1 is 0.842 bits per heavy atom. The van der Waals surface area contributed by atoms with Crippen molar-refractivity contribution in [3.63, 3.8) is 0 Å². The number of nitrogens with one attached hydrogen (secondary N) is 2. The molecule has 7 nitrogen and oxygen atoms in total. The number of anilines is 1. The molecule has 5 rings (SSSR count). The molecular formula is C31H34N6O. The number of hydrogen-bond donors (Lipinski definition) is 2. The second-order valence-corrected chi connectivity index (χ2v) is 10.7. The predicted molar refractivity (Wildman–Crippen MR) is 153 cm³/mol. The van der Waals surface area contributed by atoms with Crippen LogP contribution in [0, 0.1) is 6.92 Å². The summed E-state index contributed by atoms with van der Waals surface area (Å²) < 4.78 is 0. The number of piperazine rings is 1. The molecule has 0 aliphatic carbocycles. The fourth-order valence-corrected chi connectivity index (χ4v) is 4.57. The Morgan fingerprint density at radius 2 is 1.55 bits per heavy atom. The molecule has 1 fully saturated rings. The molecule has 194 valence electrons. The molecule has 7 heteroatoms. The molecule has 1 aliphatic heterocycles. The molecule has 0 spiro atoms. The fraction of sp³-hybridized carbons (Fsp3) is 0.290. The lowest BCUT2D eigenvalue weighted by molar-refractivity contribution is 0.0736. The van der Waals surface area contributed by atoms with Crippen LogP contribution in [0.4, 0.5) is 5.82 Å². The molecule has 1 saturated heterocycles. The van der Waals surface area contributed by atoms with Crippen LogP contribution >= 0.6 is 0 Å². The number of nitrogens with zero attached hydrogens (tertiary/aromatic N) is 4. The molecule has 4 aromatic rings. The molecule has 38 heavy (non-hydrogen) atoms. The van der Waals surface area contributed by atoms with Crippen molar-refractivity contribution in [1.29, 1.82) is 0 Å². The lowest BCUT2D eigenvalue weighted by Gasteiger charge is -2.27. The van der Waals surface area contributed by atoms with Gasteiger partial charge in [-0.3, -0.25) is 14.8 Å². The summed E-state index contributed by atoms with van der Waals surface area (Å²) in [4.78, 5) is 28.9. The van der Waals surface area contributed by atoms with E-state index in [1.807, 2.05) is 66.7 Å². The van der Waals surface area contributed by atoms with Crippen LogP contribution in [-0.4, -0.2) is 57.5 Å². The Kier molecular flexibility index (Phi) is 7.20. The molecule has 0 bridgehead atoms. The van der Waals surface area contributed by atoms with Crippen LogP contribution < -0.4 is 10.6 Å². The Labute approximate surface area is 224 Å². The zero-order valence-corrected chi connectivity index (χ0v) is 22.5. The van der Waals surface area contributed by atoms with Crippen molar-refractivity contribution in [2.24, 2.45) is 0 Å². The van der Waals surface area contributed by atoms with Gasteiger partial charge in [-0.25, -0.2) is 4.98 Å². The molecule has 0 radical (unpaired) electrons. The number of benzene rings is 1. The van der Waals surface area contributed by atoms with E-state index in [-0.39, 0.29) is 11.4 Å². The van der Waals surface area contributed by atoms with Gasteiger partial charge in [0, 0.05) is 66.5 Å². The van der Waals surface area contributed by atoms with Crippen molar-refractivity contribution in [2.75, 3.05) is 31.5 Å². The molecule has 4 heterocycles. The van der Waals surface area contributed by atoms with Gasteiger partial charge in [0.1, 0.15) is 5.82 Å². The maximum Gasteiger partial charge on any atom is 0.253 e. The summed E-state index contributed by atoms with van der Waals surface area (Å²) in [5, 5.41) is 6.79. The summed E-state index contributed by atoms with van der Waals surface area (Å²) in [6, 6.07) is 20.0. The molecule has 0 unspecified atom stereocenters. The van der Waals surface area contributed by atoms with Gasteiger partial charge < -0.3 is 15.5 Å². The van der Waals surface area contributed by atoms with Gasteiger partial charge in [-0.2, -0.15) is 0 Å². The largest absolute Gasteiger partial charge is 0.365 e. The Balaban J connectivity index is 1.47. The smallest absolute Gasteiger partial charge is 0.253 e. The summed E-state index contributed by atoms with van der Waals surface area (Å²) in [6.07, 6.45) is 3.73. The summed E-state index contributed by atoms with van der Waals surface area (Å²) in [5.74, 6) is 0.868. The average molecular weight is 507 g/mol. The van der Waals surface area contributed by atoms with Gasteiger partial charge in [-0.05, 0) is 81.3 Å². The SMILES string of the molecule is Cc1cccc(-c2cc(-c3cncc(-c4ccc(C(=O)N5CCNCC5)cc4)c3)cc(NC(C)(C)C)n2)n1. The summed E-state index contributed by atoms with van der Waals surface area (Å²) >= 11 is 0. The highest BCUT2D eigenvalue weighted by atomic mass is 16.2. The van der Waals surface area contributed by atoms with Crippen LogP contribution in [0.15, 0.2) is 73.1 Å². The van der Waals surface area contributed by atoms with Crippen molar-refractivity contribution in [2.45, 2.75) is 33.2 Å². The average Bonchev–Trinajstić information content (AvgIpc) is 2.92. The first-order valence-corrected chi connectivity index (χ1v) is 13.1. The molecule has 0 atom stereocenters. The normalized spacial score (nSPS) is 13.8. The van der Waals surface area contributed by atoms with Crippen LogP contribution in [0.3, 0.4) is 0 Å². The van der Waals surface area contributed by atoms with E-state index in [0.717, 1.165) is 71.3 Å². The van der Waals surface area contributed by atoms with E-state index in [0.29, 0.717) is 5.56 Å². The fourth-order valence-electron chi connectivity index (χ4n) is 4.57. The van der Waals surface area contributed by atoms with Gasteiger partial charge in [0.2, 0.25) is 0 Å². The first-order valence-electron chi connectivity index (χ1n) is 13.1. The molecule has 1 amide bonds. The molecule has 0 saturated carbocycles. The number of carbonyl (C=O) groups is 1. The number of aromatic nitrogens is 3. The van der Waals surface area contributed by atoms with Gasteiger partial charge in [-0.15, -0.1) is 0 Å². The van der Waals surface area contributed by atoms with E-state index in [1.165, 1.54) is 0 Å². The molecule has 1 aliphatic rings. The Hall–Kier alpha value is -4.10. The maximum atomic E-state index is 12.9. The maximum absolute atomic E-state index is 12.9. The van der Waals surface area contributed by atoms with E-state index in [4.69, 9.17) is 9.97 Å². The highest BCUT2D eigenvalue weighted by molar-refractivity contribution is 5.95. The summed E-state index contributed by atoms with van der Waals surface area (Å²) in [6.45, 7) is 11.5. The van der Waals surface area contributed by atoms with Crippen LogP contribution in [0.1, 0.15) is 36.8 Å². The molecule has 1 aromatic carbocycles. The second-order valence-electron chi connectivity index (χ2n) is 10.7. The predicted octanol–water partition coefficient (Wildman–Crippen LogP) is 5.44.